The Morgan fingerprint density at radius 2 is 2.14 bits per heavy atom. The number of nitriles is 1. The molecule has 0 saturated carbocycles. The summed E-state index contributed by atoms with van der Waals surface area (Å²) in [6.45, 7) is 9.99. The first kappa shape index (κ1) is 17.2. The van der Waals surface area contributed by atoms with Crippen LogP contribution in [0.15, 0.2) is 29.3 Å². The summed E-state index contributed by atoms with van der Waals surface area (Å²) < 4.78 is 4.89. The summed E-state index contributed by atoms with van der Waals surface area (Å²) in [4.78, 5) is 20.9. The molecule has 1 rings (SSSR count). The molecule has 0 aliphatic rings. The molecule has 0 aliphatic carbocycles. The van der Waals surface area contributed by atoms with Gasteiger partial charge in [0.15, 0.2) is 0 Å². The van der Waals surface area contributed by atoms with E-state index in [0.29, 0.717) is 25.2 Å². The summed E-state index contributed by atoms with van der Waals surface area (Å²) in [6, 6.07) is 8.85. The molecule has 0 atom stereocenters. The summed E-state index contributed by atoms with van der Waals surface area (Å²) in [6.07, 6.45) is 0.691. The number of nitrogens with zero attached hydrogens (tertiary/aromatic N) is 4. The molecule has 0 aromatic heterocycles. The van der Waals surface area contributed by atoms with Crippen LogP contribution in [0.4, 0.5) is 11.4 Å². The Hall–Kier alpha value is -2.86. The van der Waals surface area contributed by atoms with Crippen LogP contribution < -0.4 is 4.90 Å². The molecule has 1 aromatic carbocycles. The molecule has 0 heterocycles. The topological polar surface area (TPSA) is 70.0 Å². The first-order valence-electron chi connectivity index (χ1n) is 6.92. The molecular weight excluding hydrogens is 280 g/mol. The van der Waals surface area contributed by atoms with Crippen LogP contribution in [0.2, 0.25) is 0 Å². The largest absolute Gasteiger partial charge is 0.460 e. The molecule has 0 spiro atoms. The lowest BCUT2D eigenvalue weighted by atomic mass is 10.2. The minimum absolute atomic E-state index is 0.262. The summed E-state index contributed by atoms with van der Waals surface area (Å²) in [5, 5.41) is 8.98. The van der Waals surface area contributed by atoms with Crippen LogP contribution in [-0.4, -0.2) is 38.4 Å². The highest BCUT2D eigenvalue weighted by Gasteiger charge is 2.12. The van der Waals surface area contributed by atoms with Gasteiger partial charge in [0.25, 0.3) is 0 Å². The van der Waals surface area contributed by atoms with E-state index < -0.39 is 5.97 Å². The van der Waals surface area contributed by atoms with Gasteiger partial charge in [-0.05, 0) is 30.7 Å². The molecule has 0 aliphatic heterocycles. The highest BCUT2D eigenvalue weighted by Crippen LogP contribution is 2.19. The maximum absolute atomic E-state index is 11.6. The van der Waals surface area contributed by atoms with Crippen LogP contribution in [0, 0.1) is 17.9 Å². The summed E-state index contributed by atoms with van der Waals surface area (Å²) in [5.41, 5.74) is 1.18. The molecule has 0 saturated heterocycles. The van der Waals surface area contributed by atoms with Crippen LogP contribution >= 0.6 is 0 Å². The van der Waals surface area contributed by atoms with E-state index >= 15 is 0 Å². The maximum atomic E-state index is 11.6. The van der Waals surface area contributed by atoms with E-state index in [4.69, 9.17) is 16.6 Å². The van der Waals surface area contributed by atoms with Crippen LogP contribution in [0.1, 0.15) is 13.3 Å². The average molecular weight is 298 g/mol. The van der Waals surface area contributed by atoms with Crippen LogP contribution in [-0.2, 0) is 9.53 Å². The van der Waals surface area contributed by atoms with Gasteiger partial charge in [-0.1, -0.05) is 6.92 Å². The van der Waals surface area contributed by atoms with Crippen LogP contribution in [0.5, 0.6) is 0 Å². The average Bonchev–Trinajstić information content (AvgIpc) is 2.55. The zero-order chi connectivity index (χ0) is 16.4. The number of benzene rings is 1. The Morgan fingerprint density at radius 1 is 1.45 bits per heavy atom. The van der Waals surface area contributed by atoms with Crippen molar-refractivity contribution >= 4 is 23.1 Å². The van der Waals surface area contributed by atoms with E-state index in [-0.39, 0.29) is 12.3 Å². The van der Waals surface area contributed by atoms with Crippen molar-refractivity contribution in [2.24, 2.45) is 4.99 Å². The summed E-state index contributed by atoms with van der Waals surface area (Å²) in [7, 11) is 1.90. The number of rotatable bonds is 7. The molecule has 22 heavy (non-hydrogen) atoms. The second-order valence-electron chi connectivity index (χ2n) is 4.53. The molecule has 6 nitrogen and oxygen atoms in total. The standard InChI is InChI=1S/C16H18N4O2/c1-4-11-22-16(21)15(12-17)19-13-5-7-14(8-6-13)20(3)10-9-18-2/h5-8H,4,9-11H2,1,3H3. The first-order chi connectivity index (χ1) is 10.6. The van der Waals surface area contributed by atoms with Crippen molar-refractivity contribution in [2.45, 2.75) is 13.3 Å². The number of ether oxygens (including phenoxy) is 1. The van der Waals surface area contributed by atoms with Crippen molar-refractivity contribution in [3.63, 3.8) is 0 Å². The summed E-state index contributed by atoms with van der Waals surface area (Å²) >= 11 is 0. The zero-order valence-corrected chi connectivity index (χ0v) is 12.7. The highest BCUT2D eigenvalue weighted by atomic mass is 16.5. The monoisotopic (exact) mass is 298 g/mol. The Balaban J connectivity index is 2.81. The Kier molecular flexibility index (Phi) is 7.15. The third kappa shape index (κ3) is 5.26. The van der Waals surface area contributed by atoms with Gasteiger partial charge in [-0.15, -0.1) is 0 Å². The Bertz CT molecular complexity index is 609. The second-order valence-corrected chi connectivity index (χ2v) is 4.53. The van der Waals surface area contributed by atoms with Gasteiger partial charge in [0.2, 0.25) is 12.3 Å². The highest BCUT2D eigenvalue weighted by molar-refractivity contribution is 6.43. The number of esters is 1. The fourth-order valence-corrected chi connectivity index (χ4v) is 1.62. The smallest absolute Gasteiger partial charge is 0.367 e. The third-order valence-electron chi connectivity index (χ3n) is 2.82. The number of hydrogen-bond acceptors (Lipinski definition) is 5. The molecule has 0 radical (unpaired) electrons. The van der Waals surface area contributed by atoms with E-state index in [0.717, 1.165) is 5.69 Å². The van der Waals surface area contributed by atoms with Crippen molar-refractivity contribution < 1.29 is 9.53 Å². The fraction of sp³-hybridized carbons (Fsp3) is 0.375. The molecular formula is C16H18N4O2. The number of aliphatic imine (C=N–C) groups is 1. The van der Waals surface area contributed by atoms with Gasteiger partial charge in [0.1, 0.15) is 6.07 Å². The maximum Gasteiger partial charge on any atom is 0.367 e. The van der Waals surface area contributed by atoms with Gasteiger partial charge >= 0.3 is 5.97 Å². The van der Waals surface area contributed by atoms with Crippen molar-refractivity contribution in [3.8, 4) is 6.07 Å². The second kappa shape index (κ2) is 9.15. The van der Waals surface area contributed by atoms with Gasteiger partial charge in [-0.3, -0.25) is 0 Å². The quantitative estimate of drug-likeness (QED) is 0.441. The SMILES string of the molecule is [C-]#[N+]CCN(C)c1ccc(N=C(C#N)C(=O)OCCC)cc1. The Labute approximate surface area is 130 Å². The molecule has 0 unspecified atom stereocenters. The minimum Gasteiger partial charge on any atom is -0.460 e. The molecule has 114 valence electrons. The van der Waals surface area contributed by atoms with Crippen molar-refractivity contribution in [1.29, 1.82) is 5.26 Å². The molecule has 0 fully saturated rings. The minimum atomic E-state index is -0.706. The predicted molar refractivity (Wildman–Crippen MR) is 85.1 cm³/mol. The van der Waals surface area contributed by atoms with Crippen LogP contribution in [0.3, 0.4) is 0 Å². The molecule has 0 bridgehead atoms. The van der Waals surface area contributed by atoms with Gasteiger partial charge < -0.3 is 14.5 Å². The number of likely N-dealkylation sites (N-methyl/N-ethyl adjacent to an activating group) is 1. The van der Waals surface area contributed by atoms with Gasteiger partial charge in [0, 0.05) is 12.7 Å². The number of carbonyl (C=O) groups excluding carboxylic acids is 1. The Morgan fingerprint density at radius 3 is 2.68 bits per heavy atom. The van der Waals surface area contributed by atoms with Crippen LogP contribution in [0.25, 0.3) is 4.85 Å². The van der Waals surface area contributed by atoms with Crippen molar-refractivity contribution in [1.82, 2.24) is 0 Å². The van der Waals surface area contributed by atoms with E-state index in [1.807, 2.05) is 31.0 Å². The normalized spacial score (nSPS) is 10.5. The van der Waals surface area contributed by atoms with Gasteiger partial charge in [0.05, 0.1) is 18.8 Å². The van der Waals surface area contributed by atoms with E-state index in [1.165, 1.54) is 0 Å². The molecule has 0 amide bonds. The lowest BCUT2D eigenvalue weighted by molar-refractivity contribution is -0.135. The van der Waals surface area contributed by atoms with Crippen molar-refractivity contribution in [3.05, 3.63) is 35.7 Å². The number of carbonyl (C=O) groups is 1. The fourth-order valence-electron chi connectivity index (χ4n) is 1.62. The van der Waals surface area contributed by atoms with Gasteiger partial charge in [-0.25, -0.2) is 16.4 Å². The lowest BCUT2D eigenvalue weighted by Gasteiger charge is -2.16. The molecule has 1 aromatic rings. The molecule has 6 heteroatoms. The van der Waals surface area contributed by atoms with E-state index in [1.54, 1.807) is 18.2 Å². The number of anilines is 1. The van der Waals surface area contributed by atoms with E-state index in [9.17, 15) is 4.79 Å². The predicted octanol–water partition coefficient (Wildman–Crippen LogP) is 2.59. The third-order valence-corrected chi connectivity index (χ3v) is 2.82. The molecule has 0 N–H and O–H groups in total. The van der Waals surface area contributed by atoms with Gasteiger partial charge in [-0.2, -0.15) is 5.26 Å². The zero-order valence-electron chi connectivity index (χ0n) is 12.7. The number of hydrogen-bond donors (Lipinski definition) is 0. The lowest BCUT2D eigenvalue weighted by Crippen LogP contribution is -2.19. The van der Waals surface area contributed by atoms with E-state index in [2.05, 4.69) is 9.84 Å². The summed E-state index contributed by atoms with van der Waals surface area (Å²) in [5.74, 6) is -0.706. The first-order valence-corrected chi connectivity index (χ1v) is 6.92. The van der Waals surface area contributed by atoms with Crippen molar-refractivity contribution in [2.75, 3.05) is 31.6 Å².